The molecular weight excluding hydrogens is 343 g/mol. The Morgan fingerprint density at radius 2 is 1.78 bits per heavy atom. The number of nitrogens with zero attached hydrogens (tertiary/aromatic N) is 1. The van der Waals surface area contributed by atoms with E-state index in [0.29, 0.717) is 10.4 Å². The maximum absolute atomic E-state index is 15.2. The van der Waals surface area contributed by atoms with Gasteiger partial charge >= 0.3 is 0 Å². The van der Waals surface area contributed by atoms with Crippen LogP contribution in [0.3, 0.4) is 0 Å². The summed E-state index contributed by atoms with van der Waals surface area (Å²) in [7, 11) is 0. The Balaban J connectivity index is 2.56. The van der Waals surface area contributed by atoms with Gasteiger partial charge in [0.05, 0.1) is 5.56 Å². The van der Waals surface area contributed by atoms with Crippen molar-refractivity contribution in [1.82, 2.24) is 0 Å². The number of halogens is 1. The minimum absolute atomic E-state index is 0.0683. The van der Waals surface area contributed by atoms with Gasteiger partial charge in [-0.05, 0) is 37.3 Å². The number of hydrogen-bond donors (Lipinski definition) is 1. The van der Waals surface area contributed by atoms with Gasteiger partial charge in [0.1, 0.15) is 5.56 Å². The lowest BCUT2D eigenvalue weighted by Crippen LogP contribution is -2.39. The summed E-state index contributed by atoms with van der Waals surface area (Å²) in [6.07, 6.45) is 5.31. The Hall–Kier alpha value is -2.69. The van der Waals surface area contributed by atoms with Crippen LogP contribution >= 0.6 is 0 Å². The molecule has 5 heteroatoms. The molecule has 1 aromatic heterocycles. The Morgan fingerprint density at radius 1 is 1.19 bits per heavy atom. The summed E-state index contributed by atoms with van der Waals surface area (Å²) in [6.45, 7) is 8.88. The van der Waals surface area contributed by atoms with Crippen molar-refractivity contribution in [2.75, 3.05) is 5.32 Å². The van der Waals surface area contributed by atoms with Crippen molar-refractivity contribution in [2.45, 2.75) is 53.9 Å². The SMILES string of the molecule is CC=CCc1c(F)c(C(=O)Nc2c(CC)cccc2CC)c(C)[n+]([O-])c1C. The first-order valence-electron chi connectivity index (χ1n) is 9.31. The van der Waals surface area contributed by atoms with Gasteiger partial charge in [0.2, 0.25) is 5.69 Å². The fourth-order valence-electron chi connectivity index (χ4n) is 3.26. The molecule has 0 saturated carbocycles. The fraction of sp³-hybridized carbons (Fsp3) is 0.364. The highest BCUT2D eigenvalue weighted by atomic mass is 19.1. The monoisotopic (exact) mass is 370 g/mol. The lowest BCUT2D eigenvalue weighted by molar-refractivity contribution is -0.620. The Morgan fingerprint density at radius 3 is 2.30 bits per heavy atom. The molecule has 1 amide bonds. The molecule has 1 N–H and O–H groups in total. The number of carbonyl (C=O) groups excluding carboxylic acids is 1. The predicted molar refractivity (Wildman–Crippen MR) is 107 cm³/mol. The van der Waals surface area contributed by atoms with Gasteiger partial charge in [0.25, 0.3) is 5.91 Å². The highest BCUT2D eigenvalue weighted by molar-refractivity contribution is 6.06. The molecule has 0 fully saturated rings. The average Bonchev–Trinajstić information content (AvgIpc) is 2.66. The van der Waals surface area contributed by atoms with Gasteiger partial charge in [0, 0.05) is 19.5 Å². The first kappa shape index (κ1) is 20.6. The molecule has 1 heterocycles. The zero-order valence-electron chi connectivity index (χ0n) is 16.6. The third-order valence-electron chi connectivity index (χ3n) is 4.91. The number of anilines is 1. The largest absolute Gasteiger partial charge is 0.618 e. The summed E-state index contributed by atoms with van der Waals surface area (Å²) in [5.41, 5.74) is 3.08. The molecular formula is C22H27FN2O2. The van der Waals surface area contributed by atoms with Crippen LogP contribution in [0.5, 0.6) is 0 Å². The second kappa shape index (κ2) is 8.80. The van der Waals surface area contributed by atoms with Crippen LogP contribution in [0.25, 0.3) is 0 Å². The summed E-state index contributed by atoms with van der Waals surface area (Å²) in [4.78, 5) is 13.0. The summed E-state index contributed by atoms with van der Waals surface area (Å²) in [6, 6.07) is 5.84. The highest BCUT2D eigenvalue weighted by Gasteiger charge is 2.28. The molecule has 0 aliphatic heterocycles. The Labute approximate surface area is 160 Å². The van der Waals surface area contributed by atoms with Crippen LogP contribution in [-0.2, 0) is 19.3 Å². The molecule has 144 valence electrons. The second-order valence-electron chi connectivity index (χ2n) is 6.52. The van der Waals surface area contributed by atoms with Gasteiger partial charge in [-0.3, -0.25) is 4.79 Å². The van der Waals surface area contributed by atoms with Gasteiger partial charge in [-0.15, -0.1) is 0 Å². The lowest BCUT2D eigenvalue weighted by atomic mass is 10.0. The van der Waals surface area contributed by atoms with E-state index in [1.165, 1.54) is 6.92 Å². The summed E-state index contributed by atoms with van der Waals surface area (Å²) >= 11 is 0. The number of aryl methyl sites for hydroxylation is 2. The highest BCUT2D eigenvalue weighted by Crippen LogP contribution is 2.25. The van der Waals surface area contributed by atoms with Gasteiger partial charge < -0.3 is 10.5 Å². The number of hydrogen-bond acceptors (Lipinski definition) is 2. The van der Waals surface area contributed by atoms with Crippen LogP contribution in [0, 0.1) is 24.9 Å². The van der Waals surface area contributed by atoms with Crippen molar-refractivity contribution < 1.29 is 13.9 Å². The van der Waals surface area contributed by atoms with Crippen molar-refractivity contribution in [2.24, 2.45) is 0 Å². The first-order chi connectivity index (χ1) is 12.9. The molecule has 0 aliphatic carbocycles. The van der Waals surface area contributed by atoms with Gasteiger partial charge in [0.15, 0.2) is 11.5 Å². The maximum atomic E-state index is 15.2. The fourth-order valence-corrected chi connectivity index (χ4v) is 3.26. The molecule has 0 aliphatic rings. The van der Waals surface area contributed by atoms with Crippen molar-refractivity contribution >= 4 is 11.6 Å². The van der Waals surface area contributed by atoms with E-state index in [-0.39, 0.29) is 28.9 Å². The van der Waals surface area contributed by atoms with E-state index in [0.717, 1.165) is 24.0 Å². The Kier molecular flexibility index (Phi) is 6.72. The minimum Gasteiger partial charge on any atom is -0.618 e. The molecule has 2 aromatic rings. The van der Waals surface area contributed by atoms with Gasteiger partial charge in [-0.1, -0.05) is 44.2 Å². The van der Waals surface area contributed by atoms with E-state index in [4.69, 9.17) is 0 Å². The molecule has 4 nitrogen and oxygen atoms in total. The molecule has 2 rings (SSSR count). The molecule has 0 bridgehead atoms. The molecule has 0 atom stereocenters. The topological polar surface area (TPSA) is 56.0 Å². The standard InChI is InChI=1S/C22H27FN2O2/c1-6-9-13-18-14(4)25(27)15(5)19(20(18)23)22(26)24-21-16(7-2)11-10-12-17(21)8-3/h6,9-12H,7-8,13H2,1-5H3,(H,24,26). The van der Waals surface area contributed by atoms with Crippen molar-refractivity contribution in [3.63, 3.8) is 0 Å². The number of rotatable bonds is 6. The molecule has 27 heavy (non-hydrogen) atoms. The van der Waals surface area contributed by atoms with Gasteiger partial charge in [-0.25, -0.2) is 4.39 Å². The third kappa shape index (κ3) is 4.02. The number of carbonyl (C=O) groups is 1. The van der Waals surface area contributed by atoms with Crippen LogP contribution in [0.4, 0.5) is 10.1 Å². The number of benzene rings is 1. The molecule has 0 spiro atoms. The predicted octanol–water partition coefficient (Wildman–Crippen LogP) is 4.57. The number of nitrogens with one attached hydrogen (secondary N) is 1. The average molecular weight is 370 g/mol. The maximum Gasteiger partial charge on any atom is 0.265 e. The number of para-hydroxylation sites is 1. The van der Waals surface area contributed by atoms with Gasteiger partial charge in [-0.2, -0.15) is 4.73 Å². The number of pyridine rings is 1. The van der Waals surface area contributed by atoms with E-state index >= 15 is 4.39 Å². The summed E-state index contributed by atoms with van der Waals surface area (Å²) < 4.78 is 15.8. The first-order valence-corrected chi connectivity index (χ1v) is 9.31. The molecule has 0 radical (unpaired) electrons. The van der Waals surface area contributed by atoms with Crippen molar-refractivity contribution in [3.05, 3.63) is 75.0 Å². The van der Waals surface area contributed by atoms with E-state index in [1.54, 1.807) is 19.1 Å². The van der Waals surface area contributed by atoms with Crippen LogP contribution in [-0.4, -0.2) is 5.91 Å². The number of amides is 1. The lowest BCUT2D eigenvalue weighted by Gasteiger charge is -2.17. The van der Waals surface area contributed by atoms with Crippen LogP contribution in [0.15, 0.2) is 30.4 Å². The zero-order chi connectivity index (χ0) is 20.1. The third-order valence-corrected chi connectivity index (χ3v) is 4.91. The summed E-state index contributed by atoms with van der Waals surface area (Å²) in [5.74, 6) is -1.22. The second-order valence-corrected chi connectivity index (χ2v) is 6.52. The molecule has 0 unspecified atom stereocenters. The van der Waals surface area contributed by atoms with E-state index in [9.17, 15) is 10.0 Å². The smallest absolute Gasteiger partial charge is 0.265 e. The number of aromatic nitrogens is 1. The Bertz CT molecular complexity index is 866. The van der Waals surface area contributed by atoms with Crippen molar-refractivity contribution in [3.8, 4) is 0 Å². The van der Waals surface area contributed by atoms with Crippen LogP contribution < -0.4 is 10.0 Å². The van der Waals surface area contributed by atoms with Crippen LogP contribution in [0.1, 0.15) is 59.2 Å². The van der Waals surface area contributed by atoms with E-state index in [2.05, 4.69) is 5.32 Å². The quantitative estimate of drug-likeness (QED) is 0.460. The van der Waals surface area contributed by atoms with E-state index < -0.39 is 11.7 Å². The van der Waals surface area contributed by atoms with E-state index in [1.807, 2.05) is 39.0 Å². The summed E-state index contributed by atoms with van der Waals surface area (Å²) in [5, 5.41) is 15.3. The van der Waals surface area contributed by atoms with Crippen LogP contribution in [0.2, 0.25) is 0 Å². The molecule has 0 saturated heterocycles. The zero-order valence-corrected chi connectivity index (χ0v) is 16.6. The normalized spacial score (nSPS) is 11.2. The molecule has 1 aromatic carbocycles. The minimum atomic E-state index is -0.625. The van der Waals surface area contributed by atoms with Crippen molar-refractivity contribution in [1.29, 1.82) is 0 Å². The number of allylic oxidation sites excluding steroid dienone is 2.